The molecule has 1 aliphatic rings. The molecular formula is C13H15ClN2. The largest absolute Gasteiger partial charge is 0.358 e. The number of hydrogen-bond acceptors (Lipinski definition) is 1. The Morgan fingerprint density at radius 3 is 2.94 bits per heavy atom. The molecule has 3 heteroatoms. The summed E-state index contributed by atoms with van der Waals surface area (Å²) < 4.78 is 0. The fraction of sp³-hybridized carbons (Fsp3) is 0.385. The standard InChI is InChI=1S/C13H15ClN2/c1-13(2)7-15-6-10-9-5-8(14)3-4-11(9)16-12(10)13/h3-5,15-16H,6-7H2,1-2H3. The van der Waals surface area contributed by atoms with E-state index in [1.807, 2.05) is 6.07 Å². The van der Waals surface area contributed by atoms with Crippen LogP contribution in [0, 0.1) is 0 Å². The predicted octanol–water partition coefficient (Wildman–Crippen LogP) is 3.20. The van der Waals surface area contributed by atoms with Gasteiger partial charge in [-0.2, -0.15) is 0 Å². The van der Waals surface area contributed by atoms with Crippen LogP contribution in [0.5, 0.6) is 0 Å². The molecule has 2 nitrogen and oxygen atoms in total. The van der Waals surface area contributed by atoms with Gasteiger partial charge in [-0.25, -0.2) is 0 Å². The first-order valence-electron chi connectivity index (χ1n) is 5.59. The highest BCUT2D eigenvalue weighted by Gasteiger charge is 2.30. The predicted molar refractivity (Wildman–Crippen MR) is 68.0 cm³/mol. The van der Waals surface area contributed by atoms with Crippen molar-refractivity contribution in [1.82, 2.24) is 10.3 Å². The van der Waals surface area contributed by atoms with Crippen LogP contribution in [-0.2, 0) is 12.0 Å². The van der Waals surface area contributed by atoms with E-state index in [2.05, 4.69) is 36.3 Å². The summed E-state index contributed by atoms with van der Waals surface area (Å²) in [4.78, 5) is 3.53. The molecule has 2 aromatic rings. The maximum Gasteiger partial charge on any atom is 0.0460 e. The van der Waals surface area contributed by atoms with E-state index in [-0.39, 0.29) is 5.41 Å². The molecule has 0 radical (unpaired) electrons. The van der Waals surface area contributed by atoms with Crippen molar-refractivity contribution in [3.8, 4) is 0 Å². The average Bonchev–Trinajstić information content (AvgIpc) is 2.58. The summed E-state index contributed by atoms with van der Waals surface area (Å²) in [5.74, 6) is 0. The van der Waals surface area contributed by atoms with E-state index < -0.39 is 0 Å². The second kappa shape index (κ2) is 3.25. The molecule has 1 aliphatic heterocycles. The molecule has 16 heavy (non-hydrogen) atoms. The molecular weight excluding hydrogens is 220 g/mol. The van der Waals surface area contributed by atoms with Gasteiger partial charge in [0.1, 0.15) is 0 Å². The van der Waals surface area contributed by atoms with Crippen molar-refractivity contribution in [3.05, 3.63) is 34.5 Å². The number of H-pyrrole nitrogens is 1. The zero-order valence-corrected chi connectivity index (χ0v) is 10.3. The number of nitrogens with one attached hydrogen (secondary N) is 2. The van der Waals surface area contributed by atoms with Gasteiger partial charge in [-0.1, -0.05) is 25.4 Å². The van der Waals surface area contributed by atoms with E-state index in [1.165, 1.54) is 22.2 Å². The van der Waals surface area contributed by atoms with Crippen LogP contribution in [0.15, 0.2) is 18.2 Å². The Hall–Kier alpha value is -0.990. The molecule has 0 unspecified atom stereocenters. The average molecular weight is 235 g/mol. The third-order valence-corrected chi connectivity index (χ3v) is 3.65. The number of rotatable bonds is 0. The highest BCUT2D eigenvalue weighted by molar-refractivity contribution is 6.31. The lowest BCUT2D eigenvalue weighted by Gasteiger charge is -2.30. The van der Waals surface area contributed by atoms with Gasteiger partial charge in [0, 0.05) is 40.1 Å². The fourth-order valence-electron chi connectivity index (χ4n) is 2.57. The first-order valence-corrected chi connectivity index (χ1v) is 5.97. The van der Waals surface area contributed by atoms with E-state index in [0.29, 0.717) is 0 Å². The number of benzene rings is 1. The number of aromatic nitrogens is 1. The molecule has 0 spiro atoms. The minimum atomic E-state index is 0.166. The van der Waals surface area contributed by atoms with Gasteiger partial charge in [0.2, 0.25) is 0 Å². The minimum Gasteiger partial charge on any atom is -0.358 e. The van der Waals surface area contributed by atoms with Gasteiger partial charge in [-0.05, 0) is 23.8 Å². The normalized spacial score (nSPS) is 18.7. The molecule has 84 valence electrons. The molecule has 2 N–H and O–H groups in total. The van der Waals surface area contributed by atoms with Crippen LogP contribution < -0.4 is 5.32 Å². The Balaban J connectivity index is 2.33. The van der Waals surface area contributed by atoms with Crippen molar-refractivity contribution >= 4 is 22.5 Å². The summed E-state index contributed by atoms with van der Waals surface area (Å²) >= 11 is 6.05. The van der Waals surface area contributed by atoms with E-state index >= 15 is 0 Å². The van der Waals surface area contributed by atoms with E-state index in [1.54, 1.807) is 0 Å². The Morgan fingerprint density at radius 2 is 2.12 bits per heavy atom. The first-order chi connectivity index (χ1) is 7.58. The monoisotopic (exact) mass is 234 g/mol. The fourth-order valence-corrected chi connectivity index (χ4v) is 2.74. The van der Waals surface area contributed by atoms with Gasteiger partial charge in [0.15, 0.2) is 0 Å². The second-order valence-corrected chi connectivity index (χ2v) is 5.59. The number of halogens is 1. The number of hydrogen-bond donors (Lipinski definition) is 2. The molecule has 0 fully saturated rings. The molecule has 0 bridgehead atoms. The second-order valence-electron chi connectivity index (χ2n) is 5.16. The highest BCUT2D eigenvalue weighted by atomic mass is 35.5. The lowest BCUT2D eigenvalue weighted by molar-refractivity contribution is 0.427. The Bertz CT molecular complexity index is 554. The van der Waals surface area contributed by atoms with Crippen molar-refractivity contribution in [2.24, 2.45) is 0 Å². The maximum absolute atomic E-state index is 6.05. The highest BCUT2D eigenvalue weighted by Crippen LogP contribution is 2.34. The molecule has 0 amide bonds. The van der Waals surface area contributed by atoms with Crippen LogP contribution >= 0.6 is 11.6 Å². The summed E-state index contributed by atoms with van der Waals surface area (Å²) in [6, 6.07) is 6.05. The van der Waals surface area contributed by atoms with E-state index in [9.17, 15) is 0 Å². The maximum atomic E-state index is 6.05. The SMILES string of the molecule is CC1(C)CNCc2c1[nH]c1ccc(Cl)cc21. The van der Waals surface area contributed by atoms with Gasteiger partial charge in [0.05, 0.1) is 0 Å². The van der Waals surface area contributed by atoms with Crippen LogP contribution in [0.4, 0.5) is 0 Å². The minimum absolute atomic E-state index is 0.166. The zero-order valence-electron chi connectivity index (χ0n) is 9.52. The van der Waals surface area contributed by atoms with Gasteiger partial charge in [-0.15, -0.1) is 0 Å². The van der Waals surface area contributed by atoms with Gasteiger partial charge >= 0.3 is 0 Å². The summed E-state index contributed by atoms with van der Waals surface area (Å²) in [5.41, 5.74) is 4.07. The molecule has 1 aromatic carbocycles. The third kappa shape index (κ3) is 1.37. The molecule has 0 atom stereocenters. The number of aromatic amines is 1. The van der Waals surface area contributed by atoms with Crippen molar-refractivity contribution in [1.29, 1.82) is 0 Å². The molecule has 1 aromatic heterocycles. The summed E-state index contributed by atoms with van der Waals surface area (Å²) in [6.07, 6.45) is 0. The van der Waals surface area contributed by atoms with E-state index in [0.717, 1.165) is 18.1 Å². The Kier molecular flexibility index (Phi) is 2.07. The van der Waals surface area contributed by atoms with Crippen LogP contribution in [0.25, 0.3) is 10.9 Å². The lowest BCUT2D eigenvalue weighted by Crippen LogP contribution is -2.38. The zero-order chi connectivity index (χ0) is 11.3. The lowest BCUT2D eigenvalue weighted by atomic mass is 9.84. The molecule has 0 aliphatic carbocycles. The topological polar surface area (TPSA) is 27.8 Å². The smallest absolute Gasteiger partial charge is 0.0460 e. The molecule has 2 heterocycles. The van der Waals surface area contributed by atoms with Crippen LogP contribution in [0.3, 0.4) is 0 Å². The molecule has 0 saturated heterocycles. The van der Waals surface area contributed by atoms with Gasteiger partial charge in [0.25, 0.3) is 0 Å². The quantitative estimate of drug-likeness (QED) is 0.720. The van der Waals surface area contributed by atoms with Crippen LogP contribution in [0.2, 0.25) is 5.02 Å². The molecule has 0 saturated carbocycles. The van der Waals surface area contributed by atoms with Crippen LogP contribution in [0.1, 0.15) is 25.1 Å². The van der Waals surface area contributed by atoms with Crippen molar-refractivity contribution in [2.45, 2.75) is 25.8 Å². The molecule has 3 rings (SSSR count). The van der Waals surface area contributed by atoms with Gasteiger partial charge in [-0.3, -0.25) is 0 Å². The Morgan fingerprint density at radius 1 is 1.31 bits per heavy atom. The summed E-state index contributed by atoms with van der Waals surface area (Å²) in [5, 5.41) is 5.52. The third-order valence-electron chi connectivity index (χ3n) is 3.41. The Labute approximate surface area is 100.0 Å². The van der Waals surface area contributed by atoms with E-state index in [4.69, 9.17) is 11.6 Å². The first kappa shape index (κ1) is 10.2. The van der Waals surface area contributed by atoms with Crippen LogP contribution in [-0.4, -0.2) is 11.5 Å². The summed E-state index contributed by atoms with van der Waals surface area (Å²) in [7, 11) is 0. The number of fused-ring (bicyclic) bond motifs is 3. The van der Waals surface area contributed by atoms with Gasteiger partial charge < -0.3 is 10.3 Å². The van der Waals surface area contributed by atoms with Crippen molar-refractivity contribution in [3.63, 3.8) is 0 Å². The van der Waals surface area contributed by atoms with Crippen molar-refractivity contribution in [2.75, 3.05) is 6.54 Å². The summed E-state index contributed by atoms with van der Waals surface area (Å²) in [6.45, 7) is 6.46. The van der Waals surface area contributed by atoms with Crippen molar-refractivity contribution < 1.29 is 0 Å².